The number of anilines is 5. The molecule has 0 radical (unpaired) electrons. The second kappa shape index (κ2) is 44.2. The van der Waals surface area contributed by atoms with Crippen molar-refractivity contribution in [2.75, 3.05) is 168 Å². The second-order valence-corrected chi connectivity index (χ2v) is 31.2. The van der Waals surface area contributed by atoms with Gasteiger partial charge in [-0.2, -0.15) is 0 Å². The summed E-state index contributed by atoms with van der Waals surface area (Å²) >= 11 is 0. The molecular formula is C89H117N15O20. The number of nitrogens with two attached hydrogens (primary N) is 8. The lowest BCUT2D eigenvalue weighted by atomic mass is 9.89. The van der Waals surface area contributed by atoms with Gasteiger partial charge in [-0.15, -0.1) is 0 Å². The van der Waals surface area contributed by atoms with E-state index in [1.807, 2.05) is 89.5 Å². The van der Waals surface area contributed by atoms with Gasteiger partial charge in [0, 0.05) is 142 Å². The zero-order chi connectivity index (χ0) is 87.2. The maximum Gasteiger partial charge on any atom is 0.248 e. The number of allylic oxidation sites excluding steroid dienone is 3. The summed E-state index contributed by atoms with van der Waals surface area (Å²) in [6, 6.07) is 32.4. The number of carbonyl (C=O) groups excluding carboxylic acids is 4. The molecule has 668 valence electrons. The number of hydrogen-bond acceptors (Lipinski definition) is 29. The monoisotopic (exact) mass is 1720 g/mol. The summed E-state index contributed by atoms with van der Waals surface area (Å²) in [5.74, 6) is -0.256. The van der Waals surface area contributed by atoms with E-state index in [2.05, 4.69) is 38.9 Å². The van der Waals surface area contributed by atoms with Gasteiger partial charge in [-0.1, -0.05) is 98.8 Å². The number of nitrogen functional groups attached to an aromatic ring is 4. The maximum absolute atomic E-state index is 12.4. The summed E-state index contributed by atoms with van der Waals surface area (Å²) in [5.41, 5.74) is 55.5. The van der Waals surface area contributed by atoms with Crippen molar-refractivity contribution in [3.63, 3.8) is 0 Å². The molecule has 0 aliphatic carbocycles. The third-order valence-electron chi connectivity index (χ3n) is 22.7. The molecule has 6 aliphatic heterocycles. The molecule has 6 fully saturated rings. The van der Waals surface area contributed by atoms with Crippen molar-refractivity contribution in [1.82, 2.24) is 28.9 Å². The van der Waals surface area contributed by atoms with Crippen LogP contribution in [0.2, 0.25) is 0 Å². The number of nitrogens with zero attached hydrogens (tertiary/aromatic N) is 6. The predicted molar refractivity (Wildman–Crippen MR) is 463 cm³/mol. The van der Waals surface area contributed by atoms with Crippen LogP contribution < -0.4 is 70.1 Å². The van der Waals surface area contributed by atoms with Crippen molar-refractivity contribution >= 4 is 74.7 Å². The molecule has 14 rings (SSSR count). The van der Waals surface area contributed by atoms with Crippen LogP contribution in [-0.4, -0.2) is 241 Å². The van der Waals surface area contributed by atoms with Gasteiger partial charge >= 0.3 is 0 Å². The molecule has 0 spiro atoms. The predicted octanol–water partition coefficient (Wildman–Crippen LogP) is 7.41. The zero-order valence-electron chi connectivity index (χ0n) is 70.7. The Labute approximate surface area is 720 Å². The number of rotatable bonds is 40. The van der Waals surface area contributed by atoms with Crippen LogP contribution >= 0.6 is 0 Å². The van der Waals surface area contributed by atoms with E-state index < -0.39 is 54.9 Å². The number of fused-ring (bicyclic) bond motifs is 4. The van der Waals surface area contributed by atoms with Crippen LogP contribution in [-0.2, 0) is 76.4 Å². The molecule has 35 heteroatoms. The highest BCUT2D eigenvalue weighted by atomic mass is 16.8. The largest absolute Gasteiger partial charge is 0.493 e. The second-order valence-electron chi connectivity index (χ2n) is 31.2. The lowest BCUT2D eigenvalue weighted by Gasteiger charge is -2.48. The molecule has 8 aromatic rings. The summed E-state index contributed by atoms with van der Waals surface area (Å²) in [5, 5.41) is 3.31. The van der Waals surface area contributed by atoms with Crippen molar-refractivity contribution in [2.45, 2.75) is 127 Å². The molecule has 4 amide bonds. The van der Waals surface area contributed by atoms with E-state index in [1.165, 1.54) is 6.07 Å². The van der Waals surface area contributed by atoms with Crippen molar-refractivity contribution in [1.29, 1.82) is 0 Å². The number of methoxy groups -OCH3 is 2. The Morgan fingerprint density at radius 3 is 1.35 bits per heavy atom. The van der Waals surface area contributed by atoms with Crippen LogP contribution in [0, 0.1) is 11.8 Å². The molecule has 2 unspecified atom stereocenters. The first kappa shape index (κ1) is 91.0. The first-order valence-corrected chi connectivity index (χ1v) is 42.3. The minimum atomic E-state index is -0.628. The summed E-state index contributed by atoms with van der Waals surface area (Å²) in [6.45, 7) is 16.3. The molecule has 6 saturated heterocycles. The van der Waals surface area contributed by atoms with E-state index in [0.29, 0.717) is 153 Å². The minimum Gasteiger partial charge on any atom is -0.493 e. The molecule has 124 heavy (non-hydrogen) atoms. The zero-order valence-corrected chi connectivity index (χ0v) is 70.7. The Bertz CT molecular complexity index is 4930. The number of imidazole rings is 2. The van der Waals surface area contributed by atoms with Gasteiger partial charge in [0.15, 0.2) is 25.2 Å². The number of morpholine rings is 2. The van der Waals surface area contributed by atoms with Crippen molar-refractivity contribution in [2.24, 2.45) is 34.8 Å². The SMILES string of the molecule is CO[C@H]1O[C@@H]2COC(c3ccccc3)O[C@H]2[C@H](C)[C@H]1OCCCOc1cc(C(N)=O)cc(N)c1NC/C=C/CCc1c(N)cc(C(N)=O)cc1OCCCN1CCOCC1.CO[C@H]1O[C@@H]2COC(c3ccccc3)O[C@H]2[C@H](C)[C@H]1OCCCOc1cc(C(N)=O)cc2nc(N)n(C/C=C/Cn3c(N)nc4cc(C(N)=O)cc(OCCCN5CCOCC5)c43)c12. The van der Waals surface area contributed by atoms with Gasteiger partial charge in [0.2, 0.25) is 35.5 Å². The lowest BCUT2D eigenvalue weighted by Crippen LogP contribution is -2.59. The topological polar surface area (TPSA) is 478 Å². The third-order valence-corrected chi connectivity index (χ3v) is 22.7. The smallest absolute Gasteiger partial charge is 0.248 e. The average Bonchev–Trinajstić information content (AvgIpc) is 1.59. The van der Waals surface area contributed by atoms with Crippen molar-refractivity contribution < 1.29 is 95.0 Å². The van der Waals surface area contributed by atoms with Crippen LogP contribution in [0.1, 0.15) is 117 Å². The molecular weight excluding hydrogens is 1600 g/mol. The van der Waals surface area contributed by atoms with E-state index >= 15 is 0 Å². The number of aromatic nitrogens is 4. The van der Waals surface area contributed by atoms with Crippen molar-refractivity contribution in [3.05, 3.63) is 172 Å². The fourth-order valence-electron chi connectivity index (χ4n) is 16.1. The number of ether oxygens (including phenoxy) is 16. The van der Waals surface area contributed by atoms with Gasteiger partial charge in [0.25, 0.3) is 0 Å². The number of hydrogen-bond donors (Lipinski definition) is 9. The summed E-state index contributed by atoms with van der Waals surface area (Å²) < 4.78 is 101. The number of carbonyl (C=O) groups is 4. The van der Waals surface area contributed by atoms with Crippen LogP contribution in [0.25, 0.3) is 22.1 Å². The first-order valence-electron chi connectivity index (χ1n) is 42.3. The van der Waals surface area contributed by atoms with Gasteiger partial charge < -0.3 is 136 Å². The fourth-order valence-corrected chi connectivity index (χ4v) is 16.1. The van der Waals surface area contributed by atoms with E-state index in [0.717, 1.165) is 95.2 Å². The summed E-state index contributed by atoms with van der Waals surface area (Å²) in [7, 11) is 3.19. The number of primary amides is 4. The quantitative estimate of drug-likeness (QED) is 0.0102. The van der Waals surface area contributed by atoms with E-state index in [1.54, 1.807) is 61.3 Å². The van der Waals surface area contributed by atoms with E-state index in [4.69, 9.17) is 122 Å². The Kier molecular flexibility index (Phi) is 32.4. The molecule has 6 aliphatic rings. The molecule has 12 atom stereocenters. The normalized spacial score (nSPS) is 23.0. The third kappa shape index (κ3) is 23.2. The van der Waals surface area contributed by atoms with Gasteiger partial charge in [0.1, 0.15) is 64.1 Å². The molecule has 0 saturated carbocycles. The van der Waals surface area contributed by atoms with Gasteiger partial charge in [-0.3, -0.25) is 29.0 Å². The van der Waals surface area contributed by atoms with Crippen molar-refractivity contribution in [3.8, 4) is 23.0 Å². The number of benzene rings is 6. The Balaban J connectivity index is 0.000000214. The highest BCUT2D eigenvalue weighted by Gasteiger charge is 2.50. The van der Waals surface area contributed by atoms with Crippen LogP contribution in [0.5, 0.6) is 23.0 Å². The summed E-state index contributed by atoms with van der Waals surface area (Å²) in [6.07, 6.45) is 7.56. The Morgan fingerprint density at radius 2 is 0.895 bits per heavy atom. The van der Waals surface area contributed by atoms with Gasteiger partial charge in [-0.25, -0.2) is 9.97 Å². The number of nitrogens with one attached hydrogen (secondary N) is 1. The molecule has 6 aromatic carbocycles. The first-order chi connectivity index (χ1) is 60.2. The van der Waals surface area contributed by atoms with Crippen LogP contribution in [0.15, 0.2) is 133 Å². The van der Waals surface area contributed by atoms with Crippen LogP contribution in [0.4, 0.5) is 29.0 Å². The molecule has 17 N–H and O–H groups in total. The molecule has 2 aromatic heterocycles. The highest BCUT2D eigenvalue weighted by molar-refractivity contribution is 6.00. The fraction of sp³-hybridized carbons (Fsp3) is 0.483. The van der Waals surface area contributed by atoms with E-state index in [-0.39, 0.29) is 84.2 Å². The molecule has 0 bridgehead atoms. The number of amides is 4. The lowest BCUT2D eigenvalue weighted by molar-refractivity contribution is -0.353. The summed E-state index contributed by atoms with van der Waals surface area (Å²) in [4.78, 5) is 62.4. The van der Waals surface area contributed by atoms with Gasteiger partial charge in [-0.05, 0) is 74.2 Å². The van der Waals surface area contributed by atoms with E-state index in [9.17, 15) is 19.2 Å². The van der Waals surface area contributed by atoms with Crippen LogP contribution in [0.3, 0.4) is 0 Å². The molecule has 8 heterocycles. The Hall–Kier alpha value is -10.7. The minimum absolute atomic E-state index is 0.0495. The molecule has 35 nitrogen and oxygen atoms in total. The maximum atomic E-state index is 12.4. The average molecular weight is 1720 g/mol. The Morgan fingerprint density at radius 1 is 0.484 bits per heavy atom. The highest BCUT2D eigenvalue weighted by Crippen LogP contribution is 2.42. The standard InChI is InChI=1S/C45H57N9O10.C44H60N6O10/c1-27-38-35(26-62-42(64-38)28-10-4-3-5-11-28)63-43(57-2)39(27)61-19-9-18-60-34-25-30(41(47)56)23-32-37(34)54(45(49)51-32)14-7-6-13-53-36-31(50-44(53)48)22-29(40(46)55)24-33(36)59-17-8-12-52-15-20-58-21-16-52;1-28-39-37(27-58-43(60-39)29-11-5-3-6-12-29)59-44(53-2)40(28)57-20-10-19-56-36-26-31(42(48)52)24-34(46)38(36)49-14-8-4-7-13-32-33(45)23-30(41(47)51)25-35(32)55-18-9-15-50-16-21-54-22-17-50/h3-7,10-11,22-25,27,35,38-39,42-43H,8-9,12-21,26H2,1-2H3,(H2,46,55)(H2,47,56)(H2,48,50)(H2,49,51);3-6,8,11-12,23-26,28,37,39-40,43-44,49H,7,9-10,13-22,27,45-46H2,1-2H3,(H2,47,51)(H2,48,52)/b7-6+;8-4+/t27-,35+,38-,39+,42?,43-;28-,37+,39-,40+,43?,44-/m00/s1. The van der Waals surface area contributed by atoms with Gasteiger partial charge in [0.05, 0.1) is 108 Å².